The van der Waals surface area contributed by atoms with Crippen molar-refractivity contribution >= 4 is 27.8 Å². The highest BCUT2D eigenvalue weighted by Gasteiger charge is 2.37. The molecular weight excluding hydrogens is 588 g/mol. The number of aromatic nitrogens is 6. The first-order valence-corrected chi connectivity index (χ1v) is 13.1. The van der Waals surface area contributed by atoms with Gasteiger partial charge >= 0.3 is 12.4 Å². The van der Waals surface area contributed by atoms with Crippen molar-refractivity contribution in [3.8, 4) is 16.9 Å². The molecule has 0 spiro atoms. The number of nitrogens with zero attached hydrogens (tertiary/aromatic N) is 6. The molecule has 14 heteroatoms. The van der Waals surface area contributed by atoms with Crippen LogP contribution in [0.4, 0.5) is 32.2 Å². The maximum absolute atomic E-state index is 14.0. The number of fused-ring (bicyclic) bond motifs is 2. The fourth-order valence-electron chi connectivity index (χ4n) is 5.18. The van der Waals surface area contributed by atoms with Gasteiger partial charge in [-0.25, -0.2) is 19.6 Å². The molecule has 3 aromatic carbocycles. The second kappa shape index (κ2) is 10.2. The second-order valence-electron chi connectivity index (χ2n) is 10.2. The Morgan fingerprint density at radius 1 is 0.818 bits per heavy atom. The lowest BCUT2D eigenvalue weighted by molar-refractivity contribution is -0.143. The van der Waals surface area contributed by atoms with Gasteiger partial charge in [0.05, 0.1) is 33.1 Å². The first kappa shape index (κ1) is 28.8. The van der Waals surface area contributed by atoms with Gasteiger partial charge in [0, 0.05) is 5.56 Å². The molecule has 0 amide bonds. The second-order valence-corrected chi connectivity index (χ2v) is 10.2. The van der Waals surface area contributed by atoms with Crippen molar-refractivity contribution in [2.45, 2.75) is 32.7 Å². The van der Waals surface area contributed by atoms with E-state index in [-0.39, 0.29) is 46.5 Å². The number of anilines is 1. The molecule has 2 N–H and O–H groups in total. The molecular formula is C30H21F6N7O. The number of para-hydroxylation sites is 1. The van der Waals surface area contributed by atoms with E-state index in [0.29, 0.717) is 34.3 Å². The summed E-state index contributed by atoms with van der Waals surface area (Å²) in [6.07, 6.45) is -9.06. The molecule has 0 bridgehead atoms. The standard InChI is InChI=1S/C30H21F6N7O/c1-15-6-3-4-9-21(15)43-22(40-20-8-5-7-16(2)23(20)28(43)44)13-42-27-24(26(37)38-14-39-27)25(41-42)17-10-18(29(31,32)33)12-19(11-17)30(34,35)36/h3-12,14H,13H2,1-2H3,(H2,37,38,39). The van der Waals surface area contributed by atoms with Crippen molar-refractivity contribution in [1.29, 1.82) is 0 Å². The first-order valence-electron chi connectivity index (χ1n) is 13.1. The van der Waals surface area contributed by atoms with Gasteiger partial charge in [0.15, 0.2) is 5.65 Å². The number of hydrogen-bond donors (Lipinski definition) is 1. The summed E-state index contributed by atoms with van der Waals surface area (Å²) in [6.45, 7) is 3.35. The molecule has 0 unspecified atom stereocenters. The highest BCUT2D eigenvalue weighted by Crippen LogP contribution is 2.40. The van der Waals surface area contributed by atoms with Crippen LogP contribution in [0.2, 0.25) is 0 Å². The third-order valence-electron chi connectivity index (χ3n) is 7.24. The molecule has 0 aliphatic heterocycles. The molecule has 3 heterocycles. The summed E-state index contributed by atoms with van der Waals surface area (Å²) in [6, 6.07) is 13.5. The molecule has 8 nitrogen and oxygen atoms in total. The van der Waals surface area contributed by atoms with E-state index < -0.39 is 29.0 Å². The summed E-state index contributed by atoms with van der Waals surface area (Å²) >= 11 is 0. The van der Waals surface area contributed by atoms with E-state index in [4.69, 9.17) is 10.7 Å². The number of halogens is 6. The largest absolute Gasteiger partial charge is 0.416 e. The Hall–Kier alpha value is -5.27. The fourth-order valence-corrected chi connectivity index (χ4v) is 5.18. The van der Waals surface area contributed by atoms with Crippen LogP contribution in [-0.4, -0.2) is 29.3 Å². The summed E-state index contributed by atoms with van der Waals surface area (Å²) in [5.41, 5.74) is 4.31. The van der Waals surface area contributed by atoms with Crippen LogP contribution in [0.3, 0.4) is 0 Å². The van der Waals surface area contributed by atoms with Crippen molar-refractivity contribution < 1.29 is 26.3 Å². The van der Waals surface area contributed by atoms with Gasteiger partial charge in [0.1, 0.15) is 30.2 Å². The van der Waals surface area contributed by atoms with Gasteiger partial charge in [-0.1, -0.05) is 30.3 Å². The highest BCUT2D eigenvalue weighted by molar-refractivity contribution is 5.98. The normalized spacial score (nSPS) is 12.4. The minimum atomic E-state index is -5.08. The summed E-state index contributed by atoms with van der Waals surface area (Å²) in [4.78, 5) is 26.8. The predicted molar refractivity (Wildman–Crippen MR) is 151 cm³/mol. The van der Waals surface area contributed by atoms with Crippen molar-refractivity contribution in [3.63, 3.8) is 0 Å². The van der Waals surface area contributed by atoms with Crippen LogP contribution in [0.15, 0.2) is 71.8 Å². The zero-order valence-electron chi connectivity index (χ0n) is 23.0. The number of aryl methyl sites for hydroxylation is 2. The van der Waals surface area contributed by atoms with Crippen LogP contribution >= 0.6 is 0 Å². The lowest BCUT2D eigenvalue weighted by Crippen LogP contribution is -2.26. The maximum Gasteiger partial charge on any atom is 0.416 e. The Labute approximate surface area is 244 Å². The number of benzene rings is 3. The molecule has 6 rings (SSSR count). The zero-order chi connectivity index (χ0) is 31.6. The lowest BCUT2D eigenvalue weighted by atomic mass is 10.0. The summed E-state index contributed by atoms with van der Waals surface area (Å²) in [7, 11) is 0. The van der Waals surface area contributed by atoms with Gasteiger partial charge in [-0.05, 0) is 55.3 Å². The Kier molecular flexibility index (Phi) is 6.67. The first-order chi connectivity index (χ1) is 20.7. The number of nitrogen functional groups attached to an aromatic ring is 1. The molecule has 0 radical (unpaired) electrons. The van der Waals surface area contributed by atoms with Crippen LogP contribution in [0, 0.1) is 13.8 Å². The molecule has 6 aromatic rings. The van der Waals surface area contributed by atoms with Gasteiger partial charge in [-0.2, -0.15) is 31.4 Å². The van der Waals surface area contributed by atoms with E-state index in [9.17, 15) is 31.1 Å². The van der Waals surface area contributed by atoms with Crippen LogP contribution in [0.1, 0.15) is 28.1 Å². The van der Waals surface area contributed by atoms with E-state index in [0.717, 1.165) is 11.9 Å². The number of alkyl halides is 6. The average molecular weight is 610 g/mol. The van der Waals surface area contributed by atoms with Crippen molar-refractivity contribution in [1.82, 2.24) is 29.3 Å². The molecule has 0 aliphatic rings. The SMILES string of the molecule is Cc1ccccc1-n1c(Cn2nc(-c3cc(C(F)(F)F)cc(C(F)(F)F)c3)c3c(N)ncnc32)nc2cccc(C)c2c1=O. The molecule has 0 atom stereocenters. The topological polar surface area (TPSA) is 105 Å². The van der Waals surface area contributed by atoms with Gasteiger partial charge in [-0.15, -0.1) is 0 Å². The quantitative estimate of drug-likeness (QED) is 0.230. The Morgan fingerprint density at radius 2 is 1.48 bits per heavy atom. The molecule has 0 saturated carbocycles. The van der Waals surface area contributed by atoms with Crippen molar-refractivity contribution in [2.24, 2.45) is 0 Å². The monoisotopic (exact) mass is 609 g/mol. The van der Waals surface area contributed by atoms with E-state index in [1.165, 1.54) is 9.25 Å². The van der Waals surface area contributed by atoms with Crippen LogP contribution in [-0.2, 0) is 18.9 Å². The summed E-state index contributed by atoms with van der Waals surface area (Å²) < 4.78 is 84.8. The number of nitrogens with two attached hydrogens (primary N) is 1. The Balaban J connectivity index is 1.62. The number of hydrogen-bond acceptors (Lipinski definition) is 6. The van der Waals surface area contributed by atoms with Crippen LogP contribution < -0.4 is 11.3 Å². The van der Waals surface area contributed by atoms with Crippen LogP contribution in [0.5, 0.6) is 0 Å². The smallest absolute Gasteiger partial charge is 0.383 e. The van der Waals surface area contributed by atoms with Crippen LogP contribution in [0.25, 0.3) is 38.9 Å². The third-order valence-corrected chi connectivity index (χ3v) is 7.24. The summed E-state index contributed by atoms with van der Waals surface area (Å²) in [5, 5.41) is 4.73. The molecule has 0 saturated heterocycles. The third kappa shape index (κ3) is 4.91. The fraction of sp³-hybridized carbons (Fsp3) is 0.167. The van der Waals surface area contributed by atoms with Gasteiger partial charge in [-0.3, -0.25) is 9.36 Å². The predicted octanol–water partition coefficient (Wildman–Crippen LogP) is 6.48. The zero-order valence-corrected chi connectivity index (χ0v) is 23.0. The Bertz CT molecular complexity index is 2120. The van der Waals surface area contributed by atoms with Gasteiger partial charge in [0.25, 0.3) is 5.56 Å². The highest BCUT2D eigenvalue weighted by atomic mass is 19.4. The molecule has 44 heavy (non-hydrogen) atoms. The van der Waals surface area contributed by atoms with Crippen molar-refractivity contribution in [3.05, 3.63) is 105 Å². The van der Waals surface area contributed by atoms with E-state index in [1.807, 2.05) is 13.0 Å². The Morgan fingerprint density at radius 3 is 2.14 bits per heavy atom. The average Bonchev–Trinajstić information content (AvgIpc) is 3.32. The van der Waals surface area contributed by atoms with E-state index in [2.05, 4.69) is 15.1 Å². The number of rotatable bonds is 4. The molecule has 3 aromatic heterocycles. The molecule has 0 aliphatic carbocycles. The minimum Gasteiger partial charge on any atom is -0.383 e. The minimum absolute atomic E-state index is 0.0217. The van der Waals surface area contributed by atoms with E-state index >= 15 is 0 Å². The van der Waals surface area contributed by atoms with E-state index in [1.54, 1.807) is 43.3 Å². The molecule has 224 valence electrons. The lowest BCUT2D eigenvalue weighted by Gasteiger charge is -2.16. The van der Waals surface area contributed by atoms with Gasteiger partial charge < -0.3 is 5.73 Å². The van der Waals surface area contributed by atoms with Crippen molar-refractivity contribution in [2.75, 3.05) is 5.73 Å². The molecule has 0 fully saturated rings. The summed E-state index contributed by atoms with van der Waals surface area (Å²) in [5.74, 6) is -0.0174. The van der Waals surface area contributed by atoms with Gasteiger partial charge in [0.2, 0.25) is 0 Å². The maximum atomic E-state index is 14.0.